The number of halogens is 2. The Kier molecular flexibility index (Phi) is 2.67. The lowest BCUT2D eigenvalue weighted by Crippen LogP contribution is -2.22. The van der Waals surface area contributed by atoms with E-state index in [2.05, 4.69) is 0 Å². The Bertz CT molecular complexity index is 482. The van der Waals surface area contributed by atoms with Gasteiger partial charge in [0.25, 0.3) is 0 Å². The Balaban J connectivity index is 2.66. The number of Topliss-reactive ketones (excluding diaryl/α,β-unsaturated/α-hetero) is 1. The molecule has 0 amide bonds. The minimum atomic E-state index is -0.414. The second-order valence-electron chi connectivity index (χ2n) is 4.48. The summed E-state index contributed by atoms with van der Waals surface area (Å²) in [7, 11) is 0. The minimum Gasteiger partial charge on any atom is -0.506 e. The van der Waals surface area contributed by atoms with Gasteiger partial charge in [0.15, 0.2) is 5.78 Å². The van der Waals surface area contributed by atoms with Crippen LogP contribution in [0.4, 0.5) is 0 Å². The molecule has 2 rings (SSSR count). The van der Waals surface area contributed by atoms with Crippen molar-refractivity contribution in [1.82, 2.24) is 0 Å². The van der Waals surface area contributed by atoms with E-state index in [1.54, 1.807) is 6.07 Å². The quantitative estimate of drug-likeness (QED) is 0.831. The summed E-state index contributed by atoms with van der Waals surface area (Å²) in [6.45, 7) is 3.88. The number of carbonyl (C=O) groups is 1. The summed E-state index contributed by atoms with van der Waals surface area (Å²) in [4.78, 5) is 12.2. The number of phenolic OH excluding ortho intramolecular Hbond substituents is 1. The van der Waals surface area contributed by atoms with Gasteiger partial charge < -0.3 is 5.11 Å². The molecular weight excluding hydrogens is 247 g/mol. The predicted octanol–water partition coefficient (Wildman–Crippen LogP) is 3.85. The van der Waals surface area contributed by atoms with Crippen LogP contribution in [0.2, 0.25) is 10.0 Å². The van der Waals surface area contributed by atoms with Gasteiger partial charge in [-0.2, -0.15) is 0 Å². The van der Waals surface area contributed by atoms with Gasteiger partial charge in [-0.25, -0.2) is 0 Å². The Hall–Kier alpha value is -0.730. The zero-order valence-corrected chi connectivity index (χ0v) is 10.6. The molecule has 1 aliphatic rings. The molecule has 0 spiro atoms. The predicted molar refractivity (Wildman–Crippen MR) is 64.6 cm³/mol. The number of hydrogen-bond acceptors (Lipinski definition) is 2. The smallest absolute Gasteiger partial charge is 0.170 e. The van der Waals surface area contributed by atoms with E-state index in [0.717, 1.165) is 12.0 Å². The topological polar surface area (TPSA) is 37.3 Å². The van der Waals surface area contributed by atoms with Crippen molar-refractivity contribution >= 4 is 29.0 Å². The third-order valence-corrected chi connectivity index (χ3v) is 4.26. The zero-order valence-electron chi connectivity index (χ0n) is 9.10. The lowest BCUT2D eigenvalue weighted by Gasteiger charge is -2.18. The van der Waals surface area contributed by atoms with Crippen LogP contribution >= 0.6 is 23.2 Å². The molecule has 0 fully saturated rings. The Morgan fingerprint density at radius 2 is 2.06 bits per heavy atom. The summed E-state index contributed by atoms with van der Waals surface area (Å²) in [5.41, 5.74) is 0.860. The summed E-state index contributed by atoms with van der Waals surface area (Å²) in [5.74, 6) is -0.0320. The van der Waals surface area contributed by atoms with Crippen LogP contribution < -0.4 is 0 Å². The van der Waals surface area contributed by atoms with Crippen molar-refractivity contribution in [2.45, 2.75) is 26.7 Å². The van der Waals surface area contributed by atoms with Crippen molar-refractivity contribution < 1.29 is 9.90 Å². The van der Waals surface area contributed by atoms with Crippen LogP contribution in [-0.4, -0.2) is 10.9 Å². The van der Waals surface area contributed by atoms with Crippen molar-refractivity contribution in [3.05, 3.63) is 27.2 Å². The third kappa shape index (κ3) is 1.44. The van der Waals surface area contributed by atoms with Gasteiger partial charge in [0.05, 0.1) is 5.02 Å². The highest BCUT2D eigenvalue weighted by Crippen LogP contribution is 2.46. The molecule has 86 valence electrons. The van der Waals surface area contributed by atoms with Gasteiger partial charge >= 0.3 is 0 Å². The van der Waals surface area contributed by atoms with Gasteiger partial charge in [0, 0.05) is 11.0 Å². The number of aromatic hydroxyl groups is 1. The van der Waals surface area contributed by atoms with E-state index in [-0.39, 0.29) is 21.6 Å². The van der Waals surface area contributed by atoms with Crippen molar-refractivity contribution in [2.24, 2.45) is 5.41 Å². The molecule has 1 aromatic carbocycles. The van der Waals surface area contributed by atoms with Gasteiger partial charge in [0.1, 0.15) is 10.8 Å². The molecule has 1 atom stereocenters. The standard InChI is InChI=1S/C12H12Cl2O2/c1-3-12(2)5-6-4-7(15)9(13)10(14)8(6)11(12)16/h4,15H,3,5H2,1-2H3. The molecule has 0 bridgehead atoms. The van der Waals surface area contributed by atoms with Crippen LogP contribution in [-0.2, 0) is 6.42 Å². The van der Waals surface area contributed by atoms with E-state index >= 15 is 0 Å². The number of phenols is 1. The van der Waals surface area contributed by atoms with Crippen molar-refractivity contribution in [1.29, 1.82) is 0 Å². The summed E-state index contributed by atoms with van der Waals surface area (Å²) >= 11 is 11.8. The maximum absolute atomic E-state index is 12.2. The first-order valence-corrected chi connectivity index (χ1v) is 5.91. The van der Waals surface area contributed by atoms with Crippen LogP contribution in [0.25, 0.3) is 0 Å². The fourth-order valence-electron chi connectivity index (χ4n) is 2.14. The van der Waals surface area contributed by atoms with Crippen LogP contribution in [0.3, 0.4) is 0 Å². The molecule has 1 aliphatic carbocycles. The molecular formula is C12H12Cl2O2. The van der Waals surface area contributed by atoms with Gasteiger partial charge in [-0.1, -0.05) is 37.0 Å². The van der Waals surface area contributed by atoms with Gasteiger partial charge in [-0.05, 0) is 24.5 Å². The van der Waals surface area contributed by atoms with Gasteiger partial charge in [-0.15, -0.1) is 0 Å². The number of fused-ring (bicyclic) bond motifs is 1. The molecule has 0 aromatic heterocycles. The molecule has 0 saturated heterocycles. The maximum Gasteiger partial charge on any atom is 0.170 e. The molecule has 0 aliphatic heterocycles. The van der Waals surface area contributed by atoms with Crippen molar-refractivity contribution in [3.63, 3.8) is 0 Å². The largest absolute Gasteiger partial charge is 0.506 e. The molecule has 2 nitrogen and oxygen atoms in total. The molecule has 0 heterocycles. The number of carbonyl (C=O) groups excluding carboxylic acids is 1. The zero-order chi connectivity index (χ0) is 12.1. The molecule has 0 radical (unpaired) electrons. The summed E-state index contributed by atoms with van der Waals surface area (Å²) in [6.07, 6.45) is 1.36. The van der Waals surface area contributed by atoms with Crippen LogP contribution in [0.15, 0.2) is 6.07 Å². The molecule has 1 aromatic rings. The molecule has 4 heteroatoms. The molecule has 16 heavy (non-hydrogen) atoms. The molecule has 1 unspecified atom stereocenters. The third-order valence-electron chi connectivity index (χ3n) is 3.41. The van der Waals surface area contributed by atoms with Crippen molar-refractivity contribution in [3.8, 4) is 5.75 Å². The second kappa shape index (κ2) is 3.64. The second-order valence-corrected chi connectivity index (χ2v) is 5.23. The summed E-state index contributed by atoms with van der Waals surface area (Å²) in [6, 6.07) is 1.54. The number of hydrogen-bond donors (Lipinski definition) is 1. The normalized spacial score (nSPS) is 23.6. The SMILES string of the molecule is CCC1(C)Cc2cc(O)c(Cl)c(Cl)c2C1=O. The molecule has 1 N–H and O–H groups in total. The highest BCUT2D eigenvalue weighted by molar-refractivity contribution is 6.45. The van der Waals surface area contributed by atoms with Crippen LogP contribution in [0, 0.1) is 5.41 Å². The summed E-state index contributed by atoms with van der Waals surface area (Å²) < 4.78 is 0. The average Bonchev–Trinajstić information content (AvgIpc) is 2.49. The highest BCUT2D eigenvalue weighted by Gasteiger charge is 2.42. The monoisotopic (exact) mass is 258 g/mol. The van der Waals surface area contributed by atoms with Gasteiger partial charge in [-0.3, -0.25) is 4.79 Å². The molecule has 0 saturated carbocycles. The summed E-state index contributed by atoms with van der Waals surface area (Å²) in [5, 5.41) is 9.81. The lowest BCUT2D eigenvalue weighted by molar-refractivity contribution is 0.0837. The van der Waals surface area contributed by atoms with Crippen molar-refractivity contribution in [2.75, 3.05) is 0 Å². The number of ketones is 1. The number of benzene rings is 1. The Morgan fingerprint density at radius 3 is 2.62 bits per heavy atom. The van der Waals surface area contributed by atoms with Crippen LogP contribution in [0.5, 0.6) is 5.75 Å². The fraction of sp³-hybridized carbons (Fsp3) is 0.417. The Morgan fingerprint density at radius 1 is 1.44 bits per heavy atom. The lowest BCUT2D eigenvalue weighted by atomic mass is 9.83. The average molecular weight is 259 g/mol. The maximum atomic E-state index is 12.2. The van der Waals surface area contributed by atoms with Gasteiger partial charge in [0.2, 0.25) is 0 Å². The van der Waals surface area contributed by atoms with E-state index < -0.39 is 5.41 Å². The fourth-order valence-corrected chi connectivity index (χ4v) is 2.59. The van der Waals surface area contributed by atoms with E-state index in [1.807, 2.05) is 13.8 Å². The highest BCUT2D eigenvalue weighted by atomic mass is 35.5. The van der Waals surface area contributed by atoms with Crippen LogP contribution in [0.1, 0.15) is 36.2 Å². The first kappa shape index (κ1) is 11.7. The van der Waals surface area contributed by atoms with E-state index in [4.69, 9.17) is 23.2 Å². The van der Waals surface area contributed by atoms with E-state index in [9.17, 15) is 9.90 Å². The first-order valence-electron chi connectivity index (χ1n) is 5.15. The first-order chi connectivity index (χ1) is 7.40. The van der Waals surface area contributed by atoms with E-state index in [1.165, 1.54) is 0 Å². The number of rotatable bonds is 1. The Labute approximate surface area is 104 Å². The van der Waals surface area contributed by atoms with E-state index in [0.29, 0.717) is 12.0 Å². The minimum absolute atomic E-state index is 0.0249.